The van der Waals surface area contributed by atoms with Crippen molar-refractivity contribution >= 4 is 50.6 Å². The molecule has 102 valence electrons. The van der Waals surface area contributed by atoms with Crippen LogP contribution in [-0.4, -0.2) is 24.6 Å². The van der Waals surface area contributed by atoms with E-state index >= 15 is 0 Å². The highest BCUT2D eigenvalue weighted by Crippen LogP contribution is 2.37. The molecule has 0 saturated heterocycles. The number of nitrogens with zero attached hydrogens (tertiary/aromatic N) is 2. The van der Waals surface area contributed by atoms with Gasteiger partial charge in [0.05, 0.1) is 27.0 Å². The van der Waals surface area contributed by atoms with E-state index in [1.54, 1.807) is 6.92 Å². The van der Waals surface area contributed by atoms with Gasteiger partial charge < -0.3 is 0 Å². The molecule has 1 aliphatic rings. The summed E-state index contributed by atoms with van der Waals surface area (Å²) in [5, 5.41) is 4.81. The lowest BCUT2D eigenvalue weighted by molar-refractivity contribution is -0.116. The number of anilines is 1. The minimum atomic E-state index is -4.45. The smallest absolute Gasteiger partial charge is 0.282 e. The van der Waals surface area contributed by atoms with Crippen molar-refractivity contribution in [1.82, 2.24) is 0 Å². The lowest BCUT2D eigenvalue weighted by Gasteiger charge is -2.15. The number of halogens is 2. The van der Waals surface area contributed by atoms with Gasteiger partial charge in [-0.05, 0) is 19.1 Å². The average molecular weight is 323 g/mol. The van der Waals surface area contributed by atoms with Gasteiger partial charge in [0.1, 0.15) is 0 Å². The van der Waals surface area contributed by atoms with Gasteiger partial charge in [-0.1, -0.05) is 23.2 Å². The molecule has 0 atom stereocenters. The average Bonchev–Trinajstić information content (AvgIpc) is 2.60. The van der Waals surface area contributed by atoms with E-state index in [9.17, 15) is 13.2 Å². The molecule has 0 radical (unpaired) electrons. The van der Waals surface area contributed by atoms with Crippen LogP contribution in [0.1, 0.15) is 13.3 Å². The Labute approximate surface area is 119 Å². The van der Waals surface area contributed by atoms with E-state index < -0.39 is 15.0 Å². The molecular formula is C10H8Cl2N2O4S. The third kappa shape index (κ3) is 2.74. The summed E-state index contributed by atoms with van der Waals surface area (Å²) in [6.45, 7) is 1.65. The second-order valence-electron chi connectivity index (χ2n) is 3.93. The van der Waals surface area contributed by atoms with Crippen molar-refractivity contribution in [2.24, 2.45) is 5.10 Å². The topological polar surface area (TPSA) is 87.0 Å². The Morgan fingerprint density at radius 1 is 1.37 bits per heavy atom. The summed E-state index contributed by atoms with van der Waals surface area (Å²) in [5.74, 6) is -0.358. The summed E-state index contributed by atoms with van der Waals surface area (Å²) in [6, 6.07) is 2.05. The fourth-order valence-electron chi connectivity index (χ4n) is 1.60. The molecule has 0 saturated carbocycles. The van der Waals surface area contributed by atoms with Gasteiger partial charge in [-0.2, -0.15) is 18.5 Å². The van der Waals surface area contributed by atoms with E-state index in [1.165, 1.54) is 0 Å². The highest BCUT2D eigenvalue weighted by atomic mass is 35.5. The highest BCUT2D eigenvalue weighted by molar-refractivity contribution is 7.85. The van der Waals surface area contributed by atoms with Crippen LogP contribution in [0, 0.1) is 0 Å². The van der Waals surface area contributed by atoms with E-state index in [2.05, 4.69) is 5.10 Å². The molecule has 0 spiro atoms. The number of benzene rings is 1. The first-order valence-corrected chi connectivity index (χ1v) is 7.23. The van der Waals surface area contributed by atoms with Crippen LogP contribution in [0.3, 0.4) is 0 Å². The van der Waals surface area contributed by atoms with Crippen molar-refractivity contribution < 1.29 is 17.8 Å². The van der Waals surface area contributed by atoms with E-state index in [4.69, 9.17) is 27.8 Å². The fourth-order valence-corrected chi connectivity index (χ4v) is 2.59. The van der Waals surface area contributed by atoms with Crippen molar-refractivity contribution in [2.75, 3.05) is 5.01 Å². The van der Waals surface area contributed by atoms with Gasteiger partial charge in [-0.3, -0.25) is 9.35 Å². The van der Waals surface area contributed by atoms with Gasteiger partial charge in [0.15, 0.2) is 0 Å². The lowest BCUT2D eigenvalue weighted by atomic mass is 10.3. The van der Waals surface area contributed by atoms with E-state index in [0.29, 0.717) is 5.71 Å². The maximum absolute atomic E-state index is 11.7. The zero-order valence-electron chi connectivity index (χ0n) is 9.59. The van der Waals surface area contributed by atoms with Crippen molar-refractivity contribution in [3.63, 3.8) is 0 Å². The van der Waals surface area contributed by atoms with Crippen LogP contribution in [0.15, 0.2) is 22.1 Å². The molecule has 0 unspecified atom stereocenters. The Kier molecular flexibility index (Phi) is 3.57. The first-order chi connectivity index (χ1) is 8.70. The summed E-state index contributed by atoms with van der Waals surface area (Å²) in [5.41, 5.74) is 0.582. The van der Waals surface area contributed by atoms with Crippen LogP contribution in [0.25, 0.3) is 0 Å². The van der Waals surface area contributed by atoms with Crippen molar-refractivity contribution in [2.45, 2.75) is 18.2 Å². The van der Waals surface area contributed by atoms with Gasteiger partial charge in [-0.15, -0.1) is 0 Å². The predicted octanol–water partition coefficient (Wildman–Crippen LogP) is 2.35. The number of amides is 1. The monoisotopic (exact) mass is 322 g/mol. The maximum atomic E-state index is 11.7. The summed E-state index contributed by atoms with van der Waals surface area (Å²) < 4.78 is 31.3. The van der Waals surface area contributed by atoms with Crippen LogP contribution in [0.2, 0.25) is 10.0 Å². The number of carbonyl (C=O) groups excluding carboxylic acids is 1. The van der Waals surface area contributed by atoms with Crippen molar-refractivity contribution in [1.29, 1.82) is 0 Å². The normalized spacial score (nSPS) is 15.9. The molecule has 1 aromatic carbocycles. The minimum Gasteiger partial charge on any atom is -0.282 e. The second kappa shape index (κ2) is 4.75. The Bertz CT molecular complexity index is 700. The summed E-state index contributed by atoms with van der Waals surface area (Å²) >= 11 is 11.7. The molecule has 9 heteroatoms. The molecule has 1 aromatic rings. The van der Waals surface area contributed by atoms with Crippen molar-refractivity contribution in [3.05, 3.63) is 22.2 Å². The number of hydrazone groups is 1. The molecule has 0 bridgehead atoms. The summed E-state index contributed by atoms with van der Waals surface area (Å²) in [6.07, 6.45) is 0.115. The highest BCUT2D eigenvalue weighted by Gasteiger charge is 2.27. The van der Waals surface area contributed by atoms with E-state index in [1.807, 2.05) is 0 Å². The molecule has 0 aromatic heterocycles. The quantitative estimate of drug-likeness (QED) is 0.846. The molecule has 19 heavy (non-hydrogen) atoms. The molecule has 2 rings (SSSR count). The molecule has 6 nitrogen and oxygen atoms in total. The Balaban J connectivity index is 2.64. The van der Waals surface area contributed by atoms with Crippen molar-refractivity contribution in [3.8, 4) is 0 Å². The van der Waals surface area contributed by atoms with Crippen LogP contribution >= 0.6 is 23.2 Å². The summed E-state index contributed by atoms with van der Waals surface area (Å²) in [4.78, 5) is 11.3. The Morgan fingerprint density at radius 2 is 2.00 bits per heavy atom. The molecular weight excluding hydrogens is 315 g/mol. The largest absolute Gasteiger partial charge is 0.294 e. The maximum Gasteiger partial charge on any atom is 0.294 e. The third-order valence-corrected chi connectivity index (χ3v) is 4.05. The van der Waals surface area contributed by atoms with Crippen LogP contribution in [-0.2, 0) is 14.9 Å². The molecule has 0 aliphatic carbocycles. The van der Waals surface area contributed by atoms with Gasteiger partial charge in [0.2, 0.25) is 0 Å². The van der Waals surface area contributed by atoms with E-state index in [0.717, 1.165) is 17.1 Å². The van der Waals surface area contributed by atoms with Gasteiger partial charge in [0.25, 0.3) is 16.0 Å². The molecule has 1 amide bonds. The molecule has 1 heterocycles. The first-order valence-electron chi connectivity index (χ1n) is 5.03. The van der Waals surface area contributed by atoms with E-state index in [-0.39, 0.29) is 28.1 Å². The van der Waals surface area contributed by atoms with Gasteiger partial charge >= 0.3 is 0 Å². The fraction of sp³-hybridized carbons (Fsp3) is 0.200. The Hall–Kier alpha value is -1.15. The predicted molar refractivity (Wildman–Crippen MR) is 71.5 cm³/mol. The van der Waals surface area contributed by atoms with Crippen LogP contribution in [0.4, 0.5) is 5.69 Å². The molecule has 0 fully saturated rings. The molecule has 1 aliphatic heterocycles. The van der Waals surface area contributed by atoms with Gasteiger partial charge in [0, 0.05) is 5.71 Å². The second-order valence-corrected chi connectivity index (χ2v) is 6.14. The van der Waals surface area contributed by atoms with Gasteiger partial charge in [-0.25, -0.2) is 0 Å². The number of carbonyl (C=O) groups is 1. The number of hydrogen-bond donors (Lipinski definition) is 1. The number of rotatable bonds is 2. The zero-order valence-corrected chi connectivity index (χ0v) is 11.9. The standard InChI is InChI=1S/C10H8Cl2N2O4S/c1-5-2-9(15)14(13-5)8-4-6(19(16,17)18)3-7(11)10(8)12/h3-4H,2H2,1H3,(H,16,17,18). The molecule has 1 N–H and O–H groups in total. The van der Waals surface area contributed by atoms with Crippen LogP contribution in [0.5, 0.6) is 0 Å². The number of hydrogen-bond acceptors (Lipinski definition) is 4. The Morgan fingerprint density at radius 3 is 2.47 bits per heavy atom. The summed E-state index contributed by atoms with van der Waals surface area (Å²) in [7, 11) is -4.45. The minimum absolute atomic E-state index is 0.0131. The first kappa shape index (κ1) is 14.3. The SMILES string of the molecule is CC1=NN(c2cc(S(=O)(=O)O)cc(Cl)c2Cl)C(=O)C1. The third-order valence-electron chi connectivity index (χ3n) is 2.42. The van der Waals surface area contributed by atoms with Crippen LogP contribution < -0.4 is 5.01 Å². The zero-order chi connectivity index (χ0) is 14.4. The lowest BCUT2D eigenvalue weighted by Crippen LogP contribution is -2.20.